The highest BCUT2D eigenvalue weighted by molar-refractivity contribution is 7.90. The predicted octanol–water partition coefficient (Wildman–Crippen LogP) is 5.15. The minimum atomic E-state index is -1.07. The molecule has 3 aromatic carbocycles. The number of phenolic OH excluding ortho intramolecular Hbond substituents is 1. The van der Waals surface area contributed by atoms with Crippen LogP contribution in [-0.4, -0.2) is 42.3 Å². The van der Waals surface area contributed by atoms with Crippen LogP contribution in [-0.2, 0) is 16.0 Å². The summed E-state index contributed by atoms with van der Waals surface area (Å²) in [6.07, 6.45) is 5.00. The Hall–Kier alpha value is -4.08. The Balaban J connectivity index is 1.57. The Kier molecular flexibility index (Phi) is 8.19. The lowest BCUT2D eigenvalue weighted by molar-refractivity contribution is -0.120. The summed E-state index contributed by atoms with van der Waals surface area (Å²) in [7, 11) is 2.83. The molecular formula is C29H27FN2O5S. The zero-order valence-electron chi connectivity index (χ0n) is 21.4. The van der Waals surface area contributed by atoms with Crippen LogP contribution in [0, 0.1) is 5.82 Å². The van der Waals surface area contributed by atoms with E-state index in [9.17, 15) is 18.8 Å². The van der Waals surface area contributed by atoms with E-state index in [0.29, 0.717) is 16.7 Å². The number of ether oxygens (including phenoxy) is 2. The quantitative estimate of drug-likeness (QED) is 0.236. The molecule has 0 radical (unpaired) electrons. The van der Waals surface area contributed by atoms with Crippen molar-refractivity contribution in [3.8, 4) is 17.2 Å². The van der Waals surface area contributed by atoms with Crippen LogP contribution in [0.15, 0.2) is 70.2 Å². The first-order valence-electron chi connectivity index (χ1n) is 11.6. The minimum absolute atomic E-state index is 0.00700. The average Bonchev–Trinajstić information content (AvgIpc) is 3.14. The van der Waals surface area contributed by atoms with Gasteiger partial charge in [0, 0.05) is 5.56 Å². The van der Waals surface area contributed by atoms with Crippen LogP contribution >= 0.6 is 0 Å². The Labute approximate surface area is 223 Å². The van der Waals surface area contributed by atoms with Gasteiger partial charge >= 0.3 is 0 Å². The van der Waals surface area contributed by atoms with E-state index in [0.717, 1.165) is 27.2 Å². The van der Waals surface area contributed by atoms with Crippen molar-refractivity contribution in [3.63, 3.8) is 0 Å². The first kappa shape index (κ1) is 27.0. The van der Waals surface area contributed by atoms with Gasteiger partial charge in [-0.2, -0.15) is 5.10 Å². The smallest absolute Gasteiger partial charge is 0.244 e. The van der Waals surface area contributed by atoms with E-state index in [1.807, 2.05) is 37.3 Å². The maximum Gasteiger partial charge on any atom is 0.244 e. The molecule has 1 amide bonds. The fraction of sp³-hybridized carbons (Fsp3) is 0.172. The first-order chi connectivity index (χ1) is 18.2. The van der Waals surface area contributed by atoms with Gasteiger partial charge in [-0.1, -0.05) is 6.07 Å². The molecule has 0 fully saturated rings. The second kappa shape index (κ2) is 11.5. The molecule has 0 heterocycles. The number of benzene rings is 3. The monoisotopic (exact) mass is 534 g/mol. The number of carbonyl (C=O) groups excluding carboxylic acids is 1. The van der Waals surface area contributed by atoms with Crippen molar-refractivity contribution >= 4 is 40.5 Å². The van der Waals surface area contributed by atoms with Crippen LogP contribution in [0.2, 0.25) is 0 Å². The summed E-state index contributed by atoms with van der Waals surface area (Å²) >= 11 is -1.07. The Morgan fingerprint density at radius 2 is 1.71 bits per heavy atom. The molecule has 0 saturated heterocycles. The van der Waals surface area contributed by atoms with Gasteiger partial charge in [-0.05, 0) is 106 Å². The van der Waals surface area contributed by atoms with Crippen molar-refractivity contribution in [2.24, 2.45) is 5.10 Å². The van der Waals surface area contributed by atoms with E-state index in [4.69, 9.17) is 9.47 Å². The van der Waals surface area contributed by atoms with Crippen LogP contribution in [0.5, 0.6) is 17.2 Å². The largest absolute Gasteiger partial charge is 0.612 e. The number of nitrogens with zero attached hydrogens (tertiary/aromatic N) is 1. The van der Waals surface area contributed by atoms with Gasteiger partial charge in [-0.3, -0.25) is 4.79 Å². The second-order valence-electron chi connectivity index (χ2n) is 8.62. The zero-order chi connectivity index (χ0) is 27.4. The number of nitrogens with one attached hydrogen (secondary N) is 1. The van der Waals surface area contributed by atoms with Crippen molar-refractivity contribution in [2.45, 2.75) is 18.2 Å². The summed E-state index contributed by atoms with van der Waals surface area (Å²) in [5.74, 6) is -0.483. The number of methoxy groups -OCH3 is 2. The van der Waals surface area contributed by atoms with Crippen molar-refractivity contribution < 1.29 is 28.3 Å². The summed E-state index contributed by atoms with van der Waals surface area (Å²) in [5.41, 5.74) is 7.90. The molecule has 0 aliphatic heterocycles. The van der Waals surface area contributed by atoms with E-state index in [1.54, 1.807) is 24.5 Å². The lowest BCUT2D eigenvalue weighted by atomic mass is 10.0. The third-order valence-corrected chi connectivity index (χ3v) is 7.15. The number of aromatic hydroxyl groups is 1. The number of hydrogen-bond acceptors (Lipinski definition) is 6. The molecule has 7 nitrogen and oxygen atoms in total. The number of rotatable bonds is 8. The van der Waals surface area contributed by atoms with Gasteiger partial charge in [0.2, 0.25) is 11.7 Å². The molecule has 3 aromatic rings. The lowest BCUT2D eigenvalue weighted by Gasteiger charge is -2.09. The van der Waals surface area contributed by atoms with Gasteiger partial charge < -0.3 is 19.1 Å². The fourth-order valence-electron chi connectivity index (χ4n) is 4.27. The van der Waals surface area contributed by atoms with Crippen molar-refractivity contribution in [3.05, 3.63) is 88.2 Å². The number of amides is 1. The Morgan fingerprint density at radius 1 is 1.05 bits per heavy atom. The van der Waals surface area contributed by atoms with Gasteiger partial charge in [-0.15, -0.1) is 0 Å². The maximum absolute atomic E-state index is 14.2. The summed E-state index contributed by atoms with van der Waals surface area (Å²) in [6, 6.07) is 15.0. The third-order valence-electron chi connectivity index (χ3n) is 6.22. The van der Waals surface area contributed by atoms with Gasteiger partial charge in [-0.25, -0.2) is 9.82 Å². The van der Waals surface area contributed by atoms with E-state index in [2.05, 4.69) is 10.5 Å². The highest BCUT2D eigenvalue weighted by atomic mass is 32.2. The van der Waals surface area contributed by atoms with Gasteiger partial charge in [0.1, 0.15) is 12.1 Å². The summed E-state index contributed by atoms with van der Waals surface area (Å²) in [5, 5.41) is 14.1. The molecule has 196 valence electrons. The molecule has 0 aromatic heterocycles. The Morgan fingerprint density at radius 3 is 2.32 bits per heavy atom. The highest BCUT2D eigenvalue weighted by Gasteiger charge is 2.26. The van der Waals surface area contributed by atoms with Crippen molar-refractivity contribution in [2.75, 3.05) is 20.5 Å². The van der Waals surface area contributed by atoms with Gasteiger partial charge in [0.05, 0.1) is 26.9 Å². The molecule has 1 atom stereocenters. The number of hydrogen-bond donors (Lipinski definition) is 2. The number of hydrazone groups is 1. The standard InChI is InChI=1S/C29H27FN2O5S/c1-17-23(11-18-5-8-21(9-6-18)38(4)35)22-10-7-20(30)14-25(22)24(17)15-28(33)32-31-16-19-12-26(36-2)29(34)27(13-19)37-3/h5-14,16,34H,15H2,1-4H3,(H,32,33)/b23-11-,31-16-. The van der Waals surface area contributed by atoms with E-state index < -0.39 is 17.0 Å². The number of fused-ring (bicyclic) bond motifs is 1. The van der Waals surface area contributed by atoms with Crippen LogP contribution in [0.1, 0.15) is 35.6 Å². The number of allylic oxidation sites excluding steroid dienone is 2. The molecule has 38 heavy (non-hydrogen) atoms. The number of halogens is 1. The molecule has 4 rings (SSSR count). The summed E-state index contributed by atoms with van der Waals surface area (Å²) in [4.78, 5) is 13.5. The molecule has 9 heteroatoms. The van der Waals surface area contributed by atoms with Gasteiger partial charge in [0.15, 0.2) is 16.4 Å². The van der Waals surface area contributed by atoms with E-state index >= 15 is 0 Å². The fourth-order valence-corrected chi connectivity index (χ4v) is 4.79. The molecule has 2 N–H and O–H groups in total. The predicted molar refractivity (Wildman–Crippen MR) is 147 cm³/mol. The molecule has 1 aliphatic carbocycles. The zero-order valence-corrected chi connectivity index (χ0v) is 22.2. The normalized spacial score (nSPS) is 14.6. The van der Waals surface area contributed by atoms with E-state index in [-0.39, 0.29) is 29.6 Å². The SMILES string of the molecule is COc1cc(/C=N\NC(=O)CC2=C(C)/C(=C/c3ccc([S+](C)[O-])cc3)c3ccc(F)cc32)cc(OC)c1O. The average molecular weight is 535 g/mol. The lowest BCUT2D eigenvalue weighted by Crippen LogP contribution is -2.17. The molecule has 0 saturated carbocycles. The van der Waals surface area contributed by atoms with Crippen LogP contribution < -0.4 is 14.9 Å². The Bertz CT molecular complexity index is 1440. The van der Waals surface area contributed by atoms with Crippen LogP contribution in [0.4, 0.5) is 4.39 Å². The summed E-state index contributed by atoms with van der Waals surface area (Å²) < 4.78 is 36.2. The van der Waals surface area contributed by atoms with E-state index in [1.165, 1.54) is 32.6 Å². The first-order valence-corrected chi connectivity index (χ1v) is 13.2. The molecule has 1 aliphatic rings. The van der Waals surface area contributed by atoms with Crippen molar-refractivity contribution in [1.82, 2.24) is 5.43 Å². The number of phenols is 1. The maximum atomic E-state index is 14.2. The molecule has 1 unspecified atom stereocenters. The van der Waals surface area contributed by atoms with Gasteiger partial charge in [0.25, 0.3) is 0 Å². The van der Waals surface area contributed by atoms with Crippen LogP contribution in [0.25, 0.3) is 17.2 Å². The van der Waals surface area contributed by atoms with Crippen molar-refractivity contribution in [1.29, 1.82) is 0 Å². The third kappa shape index (κ3) is 5.74. The van der Waals surface area contributed by atoms with Crippen LogP contribution in [0.3, 0.4) is 0 Å². The number of carbonyl (C=O) groups is 1. The molecular weight excluding hydrogens is 507 g/mol. The minimum Gasteiger partial charge on any atom is -0.612 e. The second-order valence-corrected chi connectivity index (χ2v) is 10.00. The summed E-state index contributed by atoms with van der Waals surface area (Å²) in [6.45, 7) is 1.90. The highest BCUT2D eigenvalue weighted by Crippen LogP contribution is 2.44. The molecule has 0 spiro atoms. The molecule has 0 bridgehead atoms. The topological polar surface area (TPSA) is 103 Å².